The molecule has 0 radical (unpaired) electrons. The maximum atomic E-state index is 5.84. The van der Waals surface area contributed by atoms with Crippen molar-refractivity contribution in [2.45, 2.75) is 57.5 Å². The quantitative estimate of drug-likeness (QED) is 0.808. The zero-order valence-corrected chi connectivity index (χ0v) is 11.9. The zero-order valence-electron chi connectivity index (χ0n) is 11.9. The fourth-order valence-corrected chi connectivity index (χ4v) is 3.45. The average Bonchev–Trinajstić information content (AvgIpc) is 2.71. The first-order valence-electron chi connectivity index (χ1n) is 7.82. The number of hydrogen-bond donors (Lipinski definition) is 1. The molecule has 1 N–H and O–H groups in total. The number of rotatable bonds is 2. The Bertz CT molecular complexity index is 409. The van der Waals surface area contributed by atoms with Crippen molar-refractivity contribution in [3.8, 4) is 5.75 Å². The number of para-hydroxylation sites is 1. The number of hydrogen-bond acceptors (Lipinski definition) is 2. The summed E-state index contributed by atoms with van der Waals surface area (Å²) in [6.45, 7) is 3.13. The summed E-state index contributed by atoms with van der Waals surface area (Å²) >= 11 is 0. The van der Waals surface area contributed by atoms with Crippen LogP contribution in [0, 0.1) is 5.92 Å². The molecule has 1 aromatic rings. The maximum Gasteiger partial charge on any atom is 0.124 e. The van der Waals surface area contributed by atoms with Crippen LogP contribution in [0.5, 0.6) is 5.75 Å². The molecule has 1 heterocycles. The van der Waals surface area contributed by atoms with Gasteiger partial charge in [-0.2, -0.15) is 0 Å². The molecule has 0 aromatic heterocycles. The van der Waals surface area contributed by atoms with Crippen LogP contribution in [0.15, 0.2) is 24.3 Å². The lowest BCUT2D eigenvalue weighted by molar-refractivity contribution is 0.177. The van der Waals surface area contributed by atoms with Crippen molar-refractivity contribution in [1.82, 2.24) is 5.32 Å². The van der Waals surface area contributed by atoms with Crippen molar-refractivity contribution in [2.75, 3.05) is 6.61 Å². The summed E-state index contributed by atoms with van der Waals surface area (Å²) in [4.78, 5) is 0. The molecule has 0 bridgehead atoms. The van der Waals surface area contributed by atoms with Crippen LogP contribution in [0.25, 0.3) is 0 Å². The predicted molar refractivity (Wildman–Crippen MR) is 78.5 cm³/mol. The van der Waals surface area contributed by atoms with E-state index < -0.39 is 0 Å². The van der Waals surface area contributed by atoms with Crippen molar-refractivity contribution >= 4 is 0 Å². The summed E-state index contributed by atoms with van der Waals surface area (Å²) in [5.74, 6) is 1.63. The third-order valence-corrected chi connectivity index (χ3v) is 4.60. The van der Waals surface area contributed by atoms with Gasteiger partial charge in [0.2, 0.25) is 0 Å². The van der Waals surface area contributed by atoms with Gasteiger partial charge in [-0.3, -0.25) is 0 Å². The van der Waals surface area contributed by atoms with E-state index >= 15 is 0 Å². The minimum atomic E-state index is 0.466. The lowest BCUT2D eigenvalue weighted by Crippen LogP contribution is -2.39. The summed E-state index contributed by atoms with van der Waals surface area (Å²) in [6.07, 6.45) is 8.28. The predicted octanol–water partition coefficient (Wildman–Crippen LogP) is 4.07. The van der Waals surface area contributed by atoms with E-state index in [1.807, 2.05) is 0 Å². The van der Waals surface area contributed by atoms with Crippen LogP contribution in [0.4, 0.5) is 0 Å². The highest BCUT2D eigenvalue weighted by atomic mass is 16.5. The van der Waals surface area contributed by atoms with Crippen LogP contribution in [-0.2, 0) is 0 Å². The Morgan fingerprint density at radius 3 is 2.58 bits per heavy atom. The highest BCUT2D eigenvalue weighted by Crippen LogP contribution is 2.36. The van der Waals surface area contributed by atoms with E-state index in [1.165, 1.54) is 44.1 Å². The normalized spacial score (nSPS) is 28.3. The molecule has 2 unspecified atom stereocenters. The van der Waals surface area contributed by atoms with Gasteiger partial charge in [-0.25, -0.2) is 0 Å². The number of fused-ring (bicyclic) bond motifs is 1. The van der Waals surface area contributed by atoms with Crippen LogP contribution in [0.2, 0.25) is 0 Å². The minimum absolute atomic E-state index is 0.466. The highest BCUT2D eigenvalue weighted by Gasteiger charge is 2.29. The second-order valence-electron chi connectivity index (χ2n) is 6.16. The molecule has 1 aromatic carbocycles. The third kappa shape index (κ3) is 2.94. The molecule has 0 spiro atoms. The molecule has 1 aliphatic carbocycles. The summed E-state index contributed by atoms with van der Waals surface area (Å²) in [6, 6.07) is 9.68. The first-order chi connectivity index (χ1) is 9.34. The Kier molecular flexibility index (Phi) is 4.07. The minimum Gasteiger partial charge on any atom is -0.493 e. The highest BCUT2D eigenvalue weighted by molar-refractivity contribution is 5.38. The van der Waals surface area contributed by atoms with Gasteiger partial charge in [0.1, 0.15) is 5.75 Å². The molecule has 2 aliphatic rings. The average molecular weight is 259 g/mol. The molecule has 19 heavy (non-hydrogen) atoms. The number of ether oxygens (including phenoxy) is 1. The standard InChI is InChI=1S/C17H25NO/c1-13-12-19-16-11-7-6-10-15(16)17(13)18-14-8-4-2-3-5-9-14/h6-7,10-11,13-14,17-18H,2-5,8-9,12H2,1H3. The van der Waals surface area contributed by atoms with E-state index in [9.17, 15) is 0 Å². The van der Waals surface area contributed by atoms with Gasteiger partial charge in [0.15, 0.2) is 0 Å². The van der Waals surface area contributed by atoms with E-state index in [0.29, 0.717) is 18.0 Å². The lowest BCUT2D eigenvalue weighted by atomic mass is 9.90. The molecular weight excluding hydrogens is 234 g/mol. The zero-order chi connectivity index (χ0) is 13.1. The molecule has 0 saturated heterocycles. The Morgan fingerprint density at radius 2 is 1.79 bits per heavy atom. The lowest BCUT2D eigenvalue weighted by Gasteiger charge is -2.35. The molecule has 3 rings (SSSR count). The molecule has 2 heteroatoms. The molecule has 1 aliphatic heterocycles. The second-order valence-corrected chi connectivity index (χ2v) is 6.16. The fraction of sp³-hybridized carbons (Fsp3) is 0.647. The van der Waals surface area contributed by atoms with E-state index in [2.05, 4.69) is 36.5 Å². The first kappa shape index (κ1) is 13.0. The van der Waals surface area contributed by atoms with E-state index in [-0.39, 0.29) is 0 Å². The Balaban J connectivity index is 1.75. The Hall–Kier alpha value is -1.02. The molecule has 1 saturated carbocycles. The van der Waals surface area contributed by atoms with Crippen molar-refractivity contribution in [3.05, 3.63) is 29.8 Å². The van der Waals surface area contributed by atoms with Crippen LogP contribution in [0.3, 0.4) is 0 Å². The van der Waals surface area contributed by atoms with Crippen molar-refractivity contribution in [1.29, 1.82) is 0 Å². The molecule has 1 fully saturated rings. The molecular formula is C17H25NO. The van der Waals surface area contributed by atoms with Crippen molar-refractivity contribution < 1.29 is 4.74 Å². The Labute approximate surface area is 116 Å². The summed E-state index contributed by atoms with van der Waals surface area (Å²) < 4.78 is 5.84. The third-order valence-electron chi connectivity index (χ3n) is 4.60. The van der Waals surface area contributed by atoms with Crippen molar-refractivity contribution in [2.24, 2.45) is 5.92 Å². The van der Waals surface area contributed by atoms with E-state index in [4.69, 9.17) is 4.74 Å². The summed E-state index contributed by atoms with van der Waals surface area (Å²) in [7, 11) is 0. The maximum absolute atomic E-state index is 5.84. The van der Waals surface area contributed by atoms with Gasteiger partial charge in [0, 0.05) is 23.6 Å². The summed E-state index contributed by atoms with van der Waals surface area (Å²) in [5.41, 5.74) is 1.35. The van der Waals surface area contributed by atoms with Crippen molar-refractivity contribution in [3.63, 3.8) is 0 Å². The Morgan fingerprint density at radius 1 is 1.05 bits per heavy atom. The van der Waals surface area contributed by atoms with Gasteiger partial charge in [0.05, 0.1) is 6.61 Å². The molecule has 104 valence electrons. The van der Waals surface area contributed by atoms with Crippen LogP contribution in [0.1, 0.15) is 57.1 Å². The van der Waals surface area contributed by atoms with Gasteiger partial charge in [-0.15, -0.1) is 0 Å². The van der Waals surface area contributed by atoms with Gasteiger partial charge >= 0.3 is 0 Å². The van der Waals surface area contributed by atoms with Crippen LogP contribution < -0.4 is 10.1 Å². The number of benzene rings is 1. The second kappa shape index (κ2) is 5.96. The summed E-state index contributed by atoms with van der Waals surface area (Å²) in [5, 5.41) is 3.92. The fourth-order valence-electron chi connectivity index (χ4n) is 3.45. The molecule has 2 atom stereocenters. The van der Waals surface area contributed by atoms with Gasteiger partial charge < -0.3 is 10.1 Å². The molecule has 0 amide bonds. The largest absolute Gasteiger partial charge is 0.493 e. The number of nitrogens with one attached hydrogen (secondary N) is 1. The smallest absolute Gasteiger partial charge is 0.124 e. The topological polar surface area (TPSA) is 21.3 Å². The van der Waals surface area contributed by atoms with Gasteiger partial charge in [-0.05, 0) is 18.9 Å². The first-order valence-corrected chi connectivity index (χ1v) is 7.82. The van der Waals surface area contributed by atoms with Gasteiger partial charge in [-0.1, -0.05) is 50.8 Å². The SMILES string of the molecule is CC1COc2ccccc2C1NC1CCCCCC1. The monoisotopic (exact) mass is 259 g/mol. The van der Waals surface area contributed by atoms with E-state index in [1.54, 1.807) is 0 Å². The van der Waals surface area contributed by atoms with Crippen LogP contribution in [-0.4, -0.2) is 12.6 Å². The van der Waals surface area contributed by atoms with Crippen LogP contribution >= 0.6 is 0 Å². The molecule has 2 nitrogen and oxygen atoms in total. The van der Waals surface area contributed by atoms with Gasteiger partial charge in [0.25, 0.3) is 0 Å². The van der Waals surface area contributed by atoms with E-state index in [0.717, 1.165) is 12.4 Å².